The first-order valence-electron chi connectivity index (χ1n) is 9.08. The number of aryl methyl sites for hydroxylation is 2. The molecule has 1 amide bonds. The molecule has 5 nitrogen and oxygen atoms in total. The van der Waals surface area contributed by atoms with Crippen LogP contribution >= 0.6 is 11.8 Å². The van der Waals surface area contributed by atoms with Gasteiger partial charge in [-0.1, -0.05) is 55.1 Å². The number of nitrogens with zero attached hydrogens (tertiary/aromatic N) is 2. The highest BCUT2D eigenvalue weighted by molar-refractivity contribution is 8.14. The molecule has 0 radical (unpaired) electrons. The molecular weight excluding hydrogens is 356 g/mol. The van der Waals surface area contributed by atoms with Crippen LogP contribution < -0.4 is 10.7 Å². The van der Waals surface area contributed by atoms with Gasteiger partial charge in [-0.15, -0.1) is 0 Å². The first-order valence-corrected chi connectivity index (χ1v) is 10.1. The Balaban J connectivity index is 1.48. The molecule has 2 aliphatic heterocycles. The van der Waals surface area contributed by atoms with Gasteiger partial charge >= 0.3 is 0 Å². The molecule has 27 heavy (non-hydrogen) atoms. The summed E-state index contributed by atoms with van der Waals surface area (Å²) in [5, 5.41) is 5.89. The predicted octanol–water partition coefficient (Wildman–Crippen LogP) is 4.31. The van der Waals surface area contributed by atoms with Gasteiger partial charge in [-0.2, -0.15) is 0 Å². The molecule has 0 bridgehead atoms. The molecule has 0 aromatic heterocycles. The van der Waals surface area contributed by atoms with Crippen LogP contribution in [0, 0.1) is 6.92 Å². The first kappa shape index (κ1) is 17.7. The zero-order valence-electron chi connectivity index (χ0n) is 15.4. The minimum absolute atomic E-state index is 0.0192. The molecule has 4 rings (SSSR count). The molecule has 0 aliphatic carbocycles. The second-order valence-electron chi connectivity index (χ2n) is 6.56. The number of fused-ring (bicyclic) bond motifs is 3. The number of para-hydroxylation sites is 2. The van der Waals surface area contributed by atoms with E-state index >= 15 is 0 Å². The van der Waals surface area contributed by atoms with Gasteiger partial charge in [0.05, 0.1) is 17.5 Å². The molecule has 1 atom stereocenters. The zero-order valence-corrected chi connectivity index (χ0v) is 16.2. The van der Waals surface area contributed by atoms with Crippen LogP contribution in [0.4, 0.5) is 11.4 Å². The molecule has 138 valence electrons. The van der Waals surface area contributed by atoms with E-state index in [0.29, 0.717) is 5.75 Å². The van der Waals surface area contributed by atoms with Crippen LogP contribution in [-0.4, -0.2) is 21.8 Å². The summed E-state index contributed by atoms with van der Waals surface area (Å²) < 4.78 is 0. The van der Waals surface area contributed by atoms with E-state index in [1.54, 1.807) is 0 Å². The van der Waals surface area contributed by atoms with Crippen molar-refractivity contribution in [2.75, 3.05) is 11.1 Å². The number of hydrogen-bond donors (Lipinski definition) is 2. The summed E-state index contributed by atoms with van der Waals surface area (Å²) in [6.45, 7) is 4.12. The Labute approximate surface area is 163 Å². The van der Waals surface area contributed by atoms with Crippen LogP contribution in [0.25, 0.3) is 0 Å². The molecule has 2 aliphatic rings. The topological polar surface area (TPSA) is 56.7 Å². The van der Waals surface area contributed by atoms with Crippen molar-refractivity contribution in [2.24, 2.45) is 4.99 Å². The predicted molar refractivity (Wildman–Crippen MR) is 112 cm³/mol. The van der Waals surface area contributed by atoms with Crippen molar-refractivity contribution in [1.29, 1.82) is 0 Å². The summed E-state index contributed by atoms with van der Waals surface area (Å²) in [5.41, 5.74) is 8.52. The van der Waals surface area contributed by atoms with Gasteiger partial charge < -0.3 is 10.7 Å². The number of amides is 1. The number of hydrogen-bond acceptors (Lipinski definition) is 5. The van der Waals surface area contributed by atoms with Crippen molar-refractivity contribution in [1.82, 2.24) is 10.4 Å². The fourth-order valence-corrected chi connectivity index (χ4v) is 4.20. The number of thioether (sulfide) groups is 1. The van der Waals surface area contributed by atoms with Crippen molar-refractivity contribution in [3.63, 3.8) is 0 Å². The minimum atomic E-state index is -0.0192. The Morgan fingerprint density at radius 2 is 2.11 bits per heavy atom. The second-order valence-corrected chi connectivity index (χ2v) is 7.50. The number of rotatable bonds is 4. The molecule has 0 unspecified atom stereocenters. The third-order valence-corrected chi connectivity index (χ3v) is 5.74. The number of hydrazine groups is 1. The number of nitrogens with one attached hydrogen (secondary N) is 2. The molecule has 0 saturated heterocycles. The van der Waals surface area contributed by atoms with E-state index in [1.165, 1.54) is 17.3 Å². The molecule has 0 saturated carbocycles. The maximum Gasteiger partial charge on any atom is 0.234 e. The Bertz CT molecular complexity index is 938. The third kappa shape index (κ3) is 3.45. The van der Waals surface area contributed by atoms with E-state index < -0.39 is 0 Å². The van der Waals surface area contributed by atoms with Gasteiger partial charge in [0.25, 0.3) is 0 Å². The molecule has 2 aromatic carbocycles. The van der Waals surface area contributed by atoms with E-state index in [-0.39, 0.29) is 11.9 Å². The number of amidine groups is 1. The minimum Gasteiger partial charge on any atom is -0.325 e. The highest BCUT2D eigenvalue weighted by Gasteiger charge is 2.31. The summed E-state index contributed by atoms with van der Waals surface area (Å²) >= 11 is 1.45. The molecule has 0 fully saturated rings. The standard InChI is InChI=1S/C21H22N4OS/c1-3-15-8-6-7-14(2)20(15)24-19(26)13-27-21-23-17-10-5-4-9-16(17)18-11-12-22-25(18)21/h4-12,18,22H,3,13H2,1-2H3,(H,24,26)/t18-/m1/s1. The van der Waals surface area contributed by atoms with E-state index in [9.17, 15) is 4.79 Å². The van der Waals surface area contributed by atoms with E-state index in [4.69, 9.17) is 4.99 Å². The molecule has 6 heteroatoms. The molecule has 2 aromatic rings. The molecule has 0 spiro atoms. The number of aliphatic imine (C=N–C) groups is 1. The van der Waals surface area contributed by atoms with Crippen molar-refractivity contribution in [3.05, 3.63) is 71.4 Å². The van der Waals surface area contributed by atoms with Gasteiger partial charge in [0, 0.05) is 17.5 Å². The van der Waals surface area contributed by atoms with Crippen molar-refractivity contribution >= 4 is 34.2 Å². The summed E-state index contributed by atoms with van der Waals surface area (Å²) in [4.78, 5) is 17.3. The smallest absolute Gasteiger partial charge is 0.234 e. The Morgan fingerprint density at radius 1 is 1.26 bits per heavy atom. The Kier molecular flexibility index (Phi) is 4.90. The van der Waals surface area contributed by atoms with Crippen molar-refractivity contribution in [3.8, 4) is 0 Å². The highest BCUT2D eigenvalue weighted by Crippen LogP contribution is 2.38. The number of benzene rings is 2. The summed E-state index contributed by atoms with van der Waals surface area (Å²) in [7, 11) is 0. The fraction of sp³-hybridized carbons (Fsp3) is 0.238. The molecule has 2 heterocycles. The maximum absolute atomic E-state index is 12.6. The first-order chi connectivity index (χ1) is 13.2. The average Bonchev–Trinajstić information content (AvgIpc) is 3.18. The number of carbonyl (C=O) groups excluding carboxylic acids is 1. The summed E-state index contributed by atoms with van der Waals surface area (Å²) in [6, 6.07) is 14.3. The normalized spacial score (nSPS) is 17.0. The SMILES string of the molecule is CCc1cccc(C)c1NC(=O)CSC1=Nc2ccccc2[C@H]2C=CNN12. The molecule has 2 N–H and O–H groups in total. The van der Waals surface area contributed by atoms with Crippen LogP contribution in [0.3, 0.4) is 0 Å². The average molecular weight is 379 g/mol. The zero-order chi connectivity index (χ0) is 18.8. The second kappa shape index (κ2) is 7.48. The van der Waals surface area contributed by atoms with Crippen LogP contribution in [-0.2, 0) is 11.2 Å². The van der Waals surface area contributed by atoms with E-state index in [0.717, 1.165) is 34.1 Å². The van der Waals surface area contributed by atoms with Crippen LogP contribution in [0.2, 0.25) is 0 Å². The fourth-order valence-electron chi connectivity index (χ4n) is 3.40. The van der Waals surface area contributed by atoms with Gasteiger partial charge in [0.15, 0.2) is 5.17 Å². The van der Waals surface area contributed by atoms with Gasteiger partial charge in [-0.3, -0.25) is 9.80 Å². The van der Waals surface area contributed by atoms with Gasteiger partial charge in [-0.25, -0.2) is 4.99 Å². The van der Waals surface area contributed by atoms with Crippen LogP contribution in [0.5, 0.6) is 0 Å². The number of anilines is 1. The van der Waals surface area contributed by atoms with Gasteiger partial charge in [0.2, 0.25) is 5.91 Å². The van der Waals surface area contributed by atoms with Crippen molar-refractivity contribution < 1.29 is 4.79 Å². The van der Waals surface area contributed by atoms with Crippen molar-refractivity contribution in [2.45, 2.75) is 26.3 Å². The summed E-state index contributed by atoms with van der Waals surface area (Å²) in [5.74, 6) is 0.290. The lowest BCUT2D eigenvalue weighted by molar-refractivity contribution is -0.113. The van der Waals surface area contributed by atoms with Gasteiger partial charge in [-0.05, 0) is 36.6 Å². The third-order valence-electron chi connectivity index (χ3n) is 4.78. The number of carbonyl (C=O) groups is 1. The largest absolute Gasteiger partial charge is 0.325 e. The molecular formula is C21H22N4OS. The lowest BCUT2D eigenvalue weighted by Gasteiger charge is -2.31. The van der Waals surface area contributed by atoms with Crippen LogP contribution in [0.15, 0.2) is 59.7 Å². The lowest BCUT2D eigenvalue weighted by Crippen LogP contribution is -2.39. The monoisotopic (exact) mass is 378 g/mol. The van der Waals surface area contributed by atoms with Gasteiger partial charge in [0.1, 0.15) is 0 Å². The maximum atomic E-state index is 12.6. The van der Waals surface area contributed by atoms with E-state index in [2.05, 4.69) is 35.9 Å². The lowest BCUT2D eigenvalue weighted by atomic mass is 10.0. The quantitative estimate of drug-likeness (QED) is 0.833. The highest BCUT2D eigenvalue weighted by atomic mass is 32.2. The van der Waals surface area contributed by atoms with Crippen LogP contribution in [0.1, 0.15) is 29.7 Å². The Morgan fingerprint density at radius 3 is 2.96 bits per heavy atom. The summed E-state index contributed by atoms with van der Waals surface area (Å²) in [6.07, 6.45) is 4.91. The van der Waals surface area contributed by atoms with E-state index in [1.807, 2.05) is 48.5 Å². The Hall–Kier alpha value is -2.73.